The number of nitrogens with zero attached hydrogens (tertiary/aromatic N) is 3. The molecule has 0 bridgehead atoms. The molecule has 0 atom stereocenters. The molecule has 0 aliphatic carbocycles. The summed E-state index contributed by atoms with van der Waals surface area (Å²) in [5.74, 6) is 0.145. The lowest BCUT2D eigenvalue weighted by atomic mass is 10.0. The lowest BCUT2D eigenvalue weighted by molar-refractivity contribution is 0.628. The van der Waals surface area contributed by atoms with Crippen molar-refractivity contribution in [2.45, 2.75) is 32.6 Å². The van der Waals surface area contributed by atoms with Gasteiger partial charge in [-0.3, -0.25) is 14.3 Å². The molecule has 7 heteroatoms. The van der Waals surface area contributed by atoms with Gasteiger partial charge in [-0.15, -0.1) is 0 Å². The minimum Gasteiger partial charge on any atom is -0.356 e. The van der Waals surface area contributed by atoms with Crippen LogP contribution in [-0.2, 0) is 13.5 Å². The van der Waals surface area contributed by atoms with E-state index in [0.29, 0.717) is 29.3 Å². The zero-order valence-corrected chi connectivity index (χ0v) is 21.0. The molecule has 188 valence electrons. The van der Waals surface area contributed by atoms with E-state index in [0.717, 1.165) is 24.9 Å². The minimum absolute atomic E-state index is 0.195. The molecule has 36 heavy (non-hydrogen) atoms. The average Bonchev–Trinajstić information content (AvgIpc) is 2.91. The summed E-state index contributed by atoms with van der Waals surface area (Å²) in [7, 11) is 1.69. The fraction of sp³-hybridized carbons (Fsp3) is 0.276. The topological polar surface area (TPSA) is 85.8 Å². The molecule has 0 saturated carbocycles. The first-order chi connectivity index (χ1) is 17.5. The van der Waals surface area contributed by atoms with Gasteiger partial charge in [0.1, 0.15) is 5.82 Å². The van der Waals surface area contributed by atoms with Crippen LogP contribution >= 0.6 is 0 Å². The first-order valence-corrected chi connectivity index (χ1v) is 12.3. The average molecular weight is 488 g/mol. The quantitative estimate of drug-likeness (QED) is 0.307. The zero-order valence-electron chi connectivity index (χ0n) is 21.0. The Morgan fingerprint density at radius 2 is 1.64 bits per heavy atom. The van der Waals surface area contributed by atoms with Gasteiger partial charge < -0.3 is 11.1 Å². The number of unbranched alkanes of at least 4 members (excludes halogenated alkanes) is 1. The molecule has 3 N–H and O–H groups in total. The molecule has 2 aromatic carbocycles. The number of aryl methyl sites for hydroxylation is 1. The summed E-state index contributed by atoms with van der Waals surface area (Å²) in [6, 6.07) is 19.8. The van der Waals surface area contributed by atoms with Crippen molar-refractivity contribution < 1.29 is 4.39 Å². The lowest BCUT2D eigenvalue weighted by Crippen LogP contribution is -2.25. The highest BCUT2D eigenvalue weighted by molar-refractivity contribution is 5.80. The van der Waals surface area contributed by atoms with Crippen LogP contribution in [0.5, 0.6) is 0 Å². The van der Waals surface area contributed by atoms with Gasteiger partial charge in [-0.25, -0.2) is 9.37 Å². The van der Waals surface area contributed by atoms with Crippen molar-refractivity contribution in [2.24, 2.45) is 12.8 Å². The second-order valence-corrected chi connectivity index (χ2v) is 8.42. The molecule has 0 radical (unpaired) electrons. The number of benzene rings is 2. The van der Waals surface area contributed by atoms with E-state index in [1.54, 1.807) is 31.6 Å². The van der Waals surface area contributed by atoms with Crippen molar-refractivity contribution in [1.29, 1.82) is 0 Å². The van der Waals surface area contributed by atoms with E-state index in [1.165, 1.54) is 35.1 Å². The number of aromatic nitrogens is 3. The van der Waals surface area contributed by atoms with Gasteiger partial charge in [0.25, 0.3) is 5.56 Å². The Hall–Kier alpha value is -3.84. The summed E-state index contributed by atoms with van der Waals surface area (Å²) in [5.41, 5.74) is 8.59. The molecule has 0 spiro atoms. The van der Waals surface area contributed by atoms with E-state index in [-0.39, 0.29) is 11.4 Å². The number of hydrogen-bond acceptors (Lipinski definition) is 5. The highest BCUT2D eigenvalue weighted by Gasteiger charge is 2.18. The Labute approximate surface area is 212 Å². The highest BCUT2D eigenvalue weighted by Crippen LogP contribution is 2.28. The Balaban J connectivity index is 0.000000658. The van der Waals surface area contributed by atoms with Crippen LogP contribution in [0.25, 0.3) is 22.4 Å². The van der Waals surface area contributed by atoms with Gasteiger partial charge in [0, 0.05) is 31.5 Å². The number of hydrogen-bond donors (Lipinski definition) is 2. The van der Waals surface area contributed by atoms with Crippen molar-refractivity contribution in [3.8, 4) is 22.4 Å². The van der Waals surface area contributed by atoms with Crippen LogP contribution in [-0.4, -0.2) is 27.6 Å². The molecule has 6 nitrogen and oxygen atoms in total. The Kier molecular flexibility index (Phi) is 10.3. The van der Waals surface area contributed by atoms with Crippen LogP contribution in [0.4, 0.5) is 10.3 Å². The summed E-state index contributed by atoms with van der Waals surface area (Å²) < 4.78 is 15.0. The summed E-state index contributed by atoms with van der Waals surface area (Å²) in [6.45, 7) is 3.66. The van der Waals surface area contributed by atoms with Crippen LogP contribution in [0.15, 0.2) is 83.9 Å². The first-order valence-electron chi connectivity index (χ1n) is 12.3. The van der Waals surface area contributed by atoms with Crippen molar-refractivity contribution in [3.63, 3.8) is 0 Å². The summed E-state index contributed by atoms with van der Waals surface area (Å²) in [4.78, 5) is 22.1. The molecule has 0 unspecified atom stereocenters. The smallest absolute Gasteiger partial charge is 0.263 e. The number of nitrogens with one attached hydrogen (secondary N) is 1. The van der Waals surface area contributed by atoms with Crippen LogP contribution in [0.1, 0.15) is 31.7 Å². The first kappa shape index (κ1) is 26.8. The number of pyridine rings is 1. The molecule has 2 aromatic heterocycles. The van der Waals surface area contributed by atoms with Crippen LogP contribution < -0.4 is 16.6 Å². The van der Waals surface area contributed by atoms with Crippen molar-refractivity contribution in [1.82, 2.24) is 14.5 Å². The van der Waals surface area contributed by atoms with Gasteiger partial charge in [0.15, 0.2) is 0 Å². The predicted octanol–water partition coefficient (Wildman–Crippen LogP) is 5.44. The van der Waals surface area contributed by atoms with Crippen LogP contribution in [0.2, 0.25) is 0 Å². The van der Waals surface area contributed by atoms with Crippen LogP contribution in [0.3, 0.4) is 0 Å². The molecule has 0 aliphatic heterocycles. The van der Waals surface area contributed by atoms with Crippen molar-refractivity contribution in [2.75, 3.05) is 18.4 Å². The molecule has 0 saturated heterocycles. The number of nitrogens with two attached hydrogens (primary N) is 1. The minimum atomic E-state index is -0.351. The Morgan fingerprint density at radius 3 is 2.25 bits per heavy atom. The molecule has 4 aromatic rings. The molecule has 0 amide bonds. The fourth-order valence-electron chi connectivity index (χ4n) is 3.70. The number of rotatable bonds is 9. The van der Waals surface area contributed by atoms with Crippen molar-refractivity contribution >= 4 is 5.95 Å². The third kappa shape index (κ3) is 7.33. The maximum Gasteiger partial charge on any atom is 0.263 e. The van der Waals surface area contributed by atoms with E-state index >= 15 is 0 Å². The molecular formula is C29H34FN5O. The molecule has 2 heterocycles. The van der Waals surface area contributed by atoms with E-state index in [1.807, 2.05) is 30.3 Å². The lowest BCUT2D eigenvalue weighted by Gasteiger charge is -2.16. The molecule has 0 fully saturated rings. The van der Waals surface area contributed by atoms with E-state index in [2.05, 4.69) is 29.4 Å². The predicted molar refractivity (Wildman–Crippen MR) is 145 cm³/mol. The SMILES string of the molecule is CCCCN.Cn1c(NCCCc2ccccc2)nc(-c2ccncc2)c(-c2ccc(F)cc2)c1=O. The monoisotopic (exact) mass is 487 g/mol. The summed E-state index contributed by atoms with van der Waals surface area (Å²) in [6.07, 6.45) is 7.55. The fourth-order valence-corrected chi connectivity index (χ4v) is 3.70. The van der Waals surface area contributed by atoms with Crippen LogP contribution in [0, 0.1) is 5.82 Å². The van der Waals surface area contributed by atoms with E-state index in [9.17, 15) is 9.18 Å². The molecule has 0 aliphatic rings. The Bertz CT molecular complexity index is 1260. The summed E-state index contributed by atoms with van der Waals surface area (Å²) in [5, 5.41) is 3.30. The molecule has 4 rings (SSSR count). The highest BCUT2D eigenvalue weighted by atomic mass is 19.1. The van der Waals surface area contributed by atoms with Gasteiger partial charge in [0.2, 0.25) is 5.95 Å². The number of anilines is 1. The second kappa shape index (κ2) is 13.9. The zero-order chi connectivity index (χ0) is 25.8. The van der Waals surface area contributed by atoms with Gasteiger partial charge in [-0.2, -0.15) is 0 Å². The van der Waals surface area contributed by atoms with Gasteiger partial charge in [0.05, 0.1) is 11.3 Å². The number of halogens is 1. The van der Waals surface area contributed by atoms with Gasteiger partial charge in [-0.1, -0.05) is 55.8 Å². The normalized spacial score (nSPS) is 10.4. The van der Waals surface area contributed by atoms with E-state index in [4.69, 9.17) is 10.7 Å². The maximum absolute atomic E-state index is 13.4. The third-order valence-corrected chi connectivity index (χ3v) is 5.70. The van der Waals surface area contributed by atoms with Gasteiger partial charge >= 0.3 is 0 Å². The standard InChI is InChI=1S/C25H23FN4O.C4H11N/c1-30-24(31)22(19-9-11-21(26)12-10-19)23(20-13-16-27-17-14-20)29-25(30)28-15-5-8-18-6-3-2-4-7-18;1-2-3-4-5/h2-4,6-7,9-14,16-17H,5,8,15H2,1H3,(H,28,29);2-5H2,1H3. The third-order valence-electron chi connectivity index (χ3n) is 5.70. The van der Waals surface area contributed by atoms with Gasteiger partial charge in [-0.05, 0) is 61.2 Å². The molecular weight excluding hydrogens is 453 g/mol. The van der Waals surface area contributed by atoms with E-state index < -0.39 is 0 Å². The second-order valence-electron chi connectivity index (χ2n) is 8.42. The maximum atomic E-state index is 13.4. The van der Waals surface area contributed by atoms with Crippen molar-refractivity contribution in [3.05, 3.63) is 101 Å². The Morgan fingerprint density at radius 1 is 0.944 bits per heavy atom. The summed E-state index contributed by atoms with van der Waals surface area (Å²) >= 11 is 0. The largest absolute Gasteiger partial charge is 0.356 e.